The molecular weight excluding hydrogens is 354 g/mol. The summed E-state index contributed by atoms with van der Waals surface area (Å²) in [7, 11) is 1.74. The second-order valence-corrected chi connectivity index (χ2v) is 6.20. The quantitative estimate of drug-likeness (QED) is 0.390. The number of nitrogens with one attached hydrogen (secondary N) is 1. The van der Waals surface area contributed by atoms with Crippen molar-refractivity contribution in [3.05, 3.63) is 89.2 Å². The van der Waals surface area contributed by atoms with Crippen LogP contribution in [0.25, 0.3) is 10.8 Å². The van der Waals surface area contributed by atoms with Gasteiger partial charge in [-0.3, -0.25) is 10.1 Å². The first-order valence-corrected chi connectivity index (χ1v) is 8.68. The molecule has 0 aliphatic rings. The van der Waals surface area contributed by atoms with Crippen LogP contribution in [0.2, 0.25) is 0 Å². The largest absolute Gasteiger partial charge is 0.354 e. The van der Waals surface area contributed by atoms with Crippen LogP contribution in [0, 0.1) is 10.1 Å². The molecule has 3 aromatic carbocycles. The van der Waals surface area contributed by atoms with Gasteiger partial charge in [0, 0.05) is 23.8 Å². The molecule has 0 bridgehead atoms. The van der Waals surface area contributed by atoms with Crippen molar-refractivity contribution in [3.63, 3.8) is 0 Å². The lowest BCUT2D eigenvalue weighted by Gasteiger charge is -2.19. The lowest BCUT2D eigenvalue weighted by Crippen LogP contribution is -2.15. The summed E-state index contributed by atoms with van der Waals surface area (Å²) in [4.78, 5) is 21.4. The summed E-state index contributed by atoms with van der Waals surface area (Å²) < 4.78 is 0. The van der Waals surface area contributed by atoms with Crippen LogP contribution in [-0.4, -0.2) is 21.9 Å². The number of rotatable bonds is 5. The predicted molar refractivity (Wildman–Crippen MR) is 110 cm³/mol. The van der Waals surface area contributed by atoms with E-state index in [2.05, 4.69) is 15.3 Å². The number of hydrogen-bond acceptors (Lipinski definition) is 6. The van der Waals surface area contributed by atoms with Crippen molar-refractivity contribution in [2.75, 3.05) is 17.3 Å². The Balaban J connectivity index is 1.81. The van der Waals surface area contributed by atoms with Gasteiger partial charge in [-0.2, -0.15) is 0 Å². The highest BCUT2D eigenvalue weighted by atomic mass is 16.6. The van der Waals surface area contributed by atoms with Gasteiger partial charge in [0.05, 0.1) is 4.92 Å². The summed E-state index contributed by atoms with van der Waals surface area (Å²) in [6.07, 6.45) is 1.33. The minimum atomic E-state index is -0.456. The topological polar surface area (TPSA) is 84.2 Å². The van der Waals surface area contributed by atoms with Crippen LogP contribution in [0.3, 0.4) is 0 Å². The van der Waals surface area contributed by atoms with Crippen molar-refractivity contribution < 1.29 is 4.92 Å². The van der Waals surface area contributed by atoms with Crippen molar-refractivity contribution >= 4 is 39.5 Å². The Hall–Kier alpha value is -4.00. The van der Waals surface area contributed by atoms with Gasteiger partial charge in [0.15, 0.2) is 0 Å². The third-order valence-corrected chi connectivity index (χ3v) is 4.49. The standard InChI is InChI=1S/C21H17N5O2/c1-25(16-10-3-2-4-11-16)21-19(26(27)28)20(22-14-23-21)24-18-13-7-9-15-8-5-6-12-17(15)18/h2-14H,1H3,(H,22,23,24). The zero-order valence-corrected chi connectivity index (χ0v) is 15.1. The molecule has 0 aliphatic heterocycles. The zero-order valence-electron chi connectivity index (χ0n) is 15.1. The average molecular weight is 371 g/mol. The van der Waals surface area contributed by atoms with Crippen LogP contribution in [0.1, 0.15) is 0 Å². The van der Waals surface area contributed by atoms with E-state index >= 15 is 0 Å². The van der Waals surface area contributed by atoms with E-state index in [4.69, 9.17) is 0 Å². The molecule has 1 aromatic heterocycles. The molecule has 28 heavy (non-hydrogen) atoms. The summed E-state index contributed by atoms with van der Waals surface area (Å²) in [5.41, 5.74) is 1.36. The van der Waals surface area contributed by atoms with E-state index < -0.39 is 4.92 Å². The van der Waals surface area contributed by atoms with Gasteiger partial charge in [-0.05, 0) is 23.6 Å². The predicted octanol–water partition coefficient (Wildman–Crippen LogP) is 5.05. The van der Waals surface area contributed by atoms with Gasteiger partial charge in [-0.15, -0.1) is 0 Å². The maximum atomic E-state index is 11.9. The summed E-state index contributed by atoms with van der Waals surface area (Å²) in [5, 5.41) is 17.0. The molecular formula is C21H17N5O2. The van der Waals surface area contributed by atoms with Crippen LogP contribution in [0.15, 0.2) is 79.1 Å². The first-order valence-electron chi connectivity index (χ1n) is 8.68. The van der Waals surface area contributed by atoms with E-state index in [1.165, 1.54) is 6.33 Å². The smallest absolute Gasteiger partial charge is 0.334 e. The van der Waals surface area contributed by atoms with Gasteiger partial charge in [0.25, 0.3) is 0 Å². The van der Waals surface area contributed by atoms with Gasteiger partial charge < -0.3 is 10.2 Å². The maximum absolute atomic E-state index is 11.9. The number of nitro groups is 1. The Kier molecular flexibility index (Phi) is 4.55. The van der Waals surface area contributed by atoms with E-state index in [9.17, 15) is 10.1 Å². The molecule has 7 nitrogen and oxygen atoms in total. The molecule has 0 saturated carbocycles. The fraction of sp³-hybridized carbons (Fsp3) is 0.0476. The number of fused-ring (bicyclic) bond motifs is 1. The van der Waals surface area contributed by atoms with E-state index in [0.29, 0.717) is 0 Å². The number of nitrogens with zero attached hydrogens (tertiary/aromatic N) is 4. The lowest BCUT2D eigenvalue weighted by molar-refractivity contribution is -0.383. The molecule has 1 N–H and O–H groups in total. The molecule has 4 rings (SSSR count). The van der Waals surface area contributed by atoms with Crippen molar-refractivity contribution in [2.45, 2.75) is 0 Å². The van der Waals surface area contributed by atoms with Crippen LogP contribution < -0.4 is 10.2 Å². The normalized spacial score (nSPS) is 10.6. The fourth-order valence-electron chi connectivity index (χ4n) is 3.11. The molecule has 138 valence electrons. The number of hydrogen-bond donors (Lipinski definition) is 1. The highest BCUT2D eigenvalue weighted by molar-refractivity contribution is 5.96. The van der Waals surface area contributed by atoms with E-state index in [0.717, 1.165) is 22.1 Å². The van der Waals surface area contributed by atoms with Crippen LogP contribution in [0.4, 0.5) is 28.7 Å². The molecule has 4 aromatic rings. The maximum Gasteiger partial charge on any atom is 0.354 e. The Bertz CT molecular complexity index is 1140. The molecule has 0 atom stereocenters. The van der Waals surface area contributed by atoms with Crippen molar-refractivity contribution in [3.8, 4) is 0 Å². The molecule has 1 heterocycles. The second kappa shape index (κ2) is 7.32. The third-order valence-electron chi connectivity index (χ3n) is 4.49. The van der Waals surface area contributed by atoms with Crippen molar-refractivity contribution in [2.24, 2.45) is 0 Å². The van der Waals surface area contributed by atoms with Gasteiger partial charge >= 0.3 is 5.69 Å². The Labute approximate surface area is 161 Å². The molecule has 0 saturated heterocycles. The third kappa shape index (κ3) is 3.21. The molecule has 7 heteroatoms. The lowest BCUT2D eigenvalue weighted by atomic mass is 10.1. The first-order chi connectivity index (χ1) is 13.6. The van der Waals surface area contributed by atoms with Crippen LogP contribution in [-0.2, 0) is 0 Å². The molecule has 0 spiro atoms. The highest BCUT2D eigenvalue weighted by Gasteiger charge is 2.26. The Morgan fingerprint density at radius 3 is 2.43 bits per heavy atom. The van der Waals surface area contributed by atoms with Gasteiger partial charge in [0.1, 0.15) is 6.33 Å². The van der Waals surface area contributed by atoms with E-state index in [1.807, 2.05) is 72.8 Å². The van der Waals surface area contributed by atoms with Crippen LogP contribution in [0.5, 0.6) is 0 Å². The number of benzene rings is 3. The molecule has 0 amide bonds. The van der Waals surface area contributed by atoms with E-state index in [-0.39, 0.29) is 17.3 Å². The first kappa shape index (κ1) is 17.4. The zero-order chi connectivity index (χ0) is 19.5. The summed E-state index contributed by atoms with van der Waals surface area (Å²) >= 11 is 0. The molecule has 0 radical (unpaired) electrons. The highest BCUT2D eigenvalue weighted by Crippen LogP contribution is 2.37. The van der Waals surface area contributed by atoms with Gasteiger partial charge in [-0.25, -0.2) is 9.97 Å². The van der Waals surface area contributed by atoms with E-state index in [1.54, 1.807) is 11.9 Å². The van der Waals surface area contributed by atoms with Crippen molar-refractivity contribution in [1.29, 1.82) is 0 Å². The SMILES string of the molecule is CN(c1ccccc1)c1ncnc(Nc2cccc3ccccc23)c1[N+](=O)[O-]. The second-order valence-electron chi connectivity index (χ2n) is 6.20. The Morgan fingerprint density at radius 2 is 1.64 bits per heavy atom. The molecule has 0 unspecified atom stereocenters. The van der Waals surface area contributed by atoms with Gasteiger partial charge in [-0.1, -0.05) is 54.6 Å². The fourth-order valence-corrected chi connectivity index (χ4v) is 3.11. The monoisotopic (exact) mass is 371 g/mol. The minimum Gasteiger partial charge on any atom is -0.334 e. The average Bonchev–Trinajstić information content (AvgIpc) is 2.74. The molecule has 0 fully saturated rings. The minimum absolute atomic E-state index is 0.147. The summed E-state index contributed by atoms with van der Waals surface area (Å²) in [6.45, 7) is 0. The van der Waals surface area contributed by atoms with Crippen molar-refractivity contribution in [1.82, 2.24) is 9.97 Å². The molecule has 0 aliphatic carbocycles. The summed E-state index contributed by atoms with van der Waals surface area (Å²) in [5.74, 6) is 0.364. The summed E-state index contributed by atoms with van der Waals surface area (Å²) in [6, 6.07) is 22.9. The Morgan fingerprint density at radius 1 is 0.929 bits per heavy atom. The number of anilines is 4. The number of aromatic nitrogens is 2. The number of para-hydroxylation sites is 1. The van der Waals surface area contributed by atoms with Gasteiger partial charge in [0.2, 0.25) is 11.6 Å². The van der Waals surface area contributed by atoms with Crippen LogP contribution >= 0.6 is 0 Å².